The number of aliphatic hydroxyl groups is 1. The van der Waals surface area contributed by atoms with E-state index < -0.39 is 5.78 Å². The van der Waals surface area contributed by atoms with Crippen LogP contribution in [0.1, 0.15) is 33.6 Å². The molecule has 2 aliphatic rings. The molecule has 0 saturated carbocycles. The summed E-state index contributed by atoms with van der Waals surface area (Å²) >= 11 is 0. The van der Waals surface area contributed by atoms with Crippen LogP contribution in [0.15, 0.2) is 41.2 Å². The first-order valence-electron chi connectivity index (χ1n) is 5.65. The molecule has 0 bridgehead atoms. The van der Waals surface area contributed by atoms with Crippen LogP contribution in [0.5, 0.6) is 5.75 Å². The van der Waals surface area contributed by atoms with Gasteiger partial charge in [0.05, 0.1) is 11.1 Å². The number of phenolic OH excluding ortho intramolecular Hbond substituents is 1. The van der Waals surface area contributed by atoms with Crippen molar-refractivity contribution in [3.8, 4) is 5.75 Å². The zero-order valence-corrected chi connectivity index (χ0v) is 9.43. The molecule has 0 fully saturated rings. The molecule has 1 aromatic rings. The van der Waals surface area contributed by atoms with E-state index in [0.717, 1.165) is 0 Å². The maximum atomic E-state index is 12.3. The van der Waals surface area contributed by atoms with Crippen molar-refractivity contribution in [3.05, 3.63) is 52.3 Å². The Labute approximate surface area is 103 Å². The molecule has 4 nitrogen and oxygen atoms in total. The molecular formula is C14H10O4. The third-order valence-corrected chi connectivity index (χ3v) is 3.31. The number of rotatable bonds is 0. The number of ketones is 2. The van der Waals surface area contributed by atoms with Crippen LogP contribution >= 0.6 is 0 Å². The van der Waals surface area contributed by atoms with E-state index in [1.54, 1.807) is 0 Å². The predicted molar refractivity (Wildman–Crippen MR) is 63.7 cm³/mol. The highest BCUT2D eigenvalue weighted by Gasteiger charge is 2.36. The molecule has 0 radical (unpaired) electrons. The summed E-state index contributed by atoms with van der Waals surface area (Å²) in [6.07, 6.45) is 2.47. The van der Waals surface area contributed by atoms with Crippen LogP contribution in [0, 0.1) is 0 Å². The minimum absolute atomic E-state index is 0.0518. The summed E-state index contributed by atoms with van der Waals surface area (Å²) in [5.41, 5.74) is 0.593. The molecule has 2 aliphatic carbocycles. The number of allylic oxidation sites excluding steroid dienone is 3. The van der Waals surface area contributed by atoms with Gasteiger partial charge in [-0.05, 0) is 25.0 Å². The quantitative estimate of drug-likeness (QED) is 0.732. The fourth-order valence-electron chi connectivity index (χ4n) is 2.47. The monoisotopic (exact) mass is 242 g/mol. The summed E-state index contributed by atoms with van der Waals surface area (Å²) in [5.74, 6) is -1.09. The molecule has 0 unspecified atom stereocenters. The van der Waals surface area contributed by atoms with Crippen molar-refractivity contribution in [2.24, 2.45) is 0 Å². The Morgan fingerprint density at radius 3 is 2.61 bits per heavy atom. The van der Waals surface area contributed by atoms with Gasteiger partial charge in [0.25, 0.3) is 0 Å². The van der Waals surface area contributed by atoms with E-state index in [2.05, 4.69) is 0 Å². The SMILES string of the molecule is O=C1C2=C(CCC=C2O)C(=O)c2c(O)cccc21. The smallest absolute Gasteiger partial charge is 0.198 e. The van der Waals surface area contributed by atoms with Gasteiger partial charge in [0, 0.05) is 11.1 Å². The average molecular weight is 242 g/mol. The van der Waals surface area contributed by atoms with E-state index in [1.807, 2.05) is 0 Å². The number of carbonyl (C=O) groups excluding carboxylic acids is 2. The Morgan fingerprint density at radius 1 is 1.06 bits per heavy atom. The minimum atomic E-state index is -0.399. The Balaban J connectivity index is 2.31. The molecule has 0 amide bonds. The number of fused-ring (bicyclic) bond motifs is 1. The van der Waals surface area contributed by atoms with Crippen LogP contribution in [-0.4, -0.2) is 21.8 Å². The molecule has 0 saturated heterocycles. The van der Waals surface area contributed by atoms with Crippen molar-refractivity contribution < 1.29 is 19.8 Å². The molecular weight excluding hydrogens is 232 g/mol. The molecule has 0 aromatic heterocycles. The topological polar surface area (TPSA) is 74.6 Å². The Morgan fingerprint density at radius 2 is 1.83 bits per heavy atom. The number of phenols is 1. The van der Waals surface area contributed by atoms with Gasteiger partial charge in [0.2, 0.25) is 0 Å². The summed E-state index contributed by atoms with van der Waals surface area (Å²) < 4.78 is 0. The van der Waals surface area contributed by atoms with Gasteiger partial charge >= 0.3 is 0 Å². The van der Waals surface area contributed by atoms with Crippen molar-refractivity contribution in [1.82, 2.24) is 0 Å². The van der Waals surface area contributed by atoms with Crippen molar-refractivity contribution >= 4 is 11.6 Å². The molecule has 0 spiro atoms. The first kappa shape index (κ1) is 10.8. The molecule has 0 aliphatic heterocycles. The predicted octanol–water partition coefficient (Wildman–Crippen LogP) is 2.30. The van der Waals surface area contributed by atoms with Crippen LogP contribution in [0.4, 0.5) is 0 Å². The molecule has 1 aromatic carbocycles. The van der Waals surface area contributed by atoms with Crippen LogP contribution in [0.2, 0.25) is 0 Å². The third-order valence-electron chi connectivity index (χ3n) is 3.31. The molecule has 2 N–H and O–H groups in total. The normalized spacial score (nSPS) is 18.3. The average Bonchev–Trinajstić information content (AvgIpc) is 2.35. The number of hydrogen-bond donors (Lipinski definition) is 2. The zero-order chi connectivity index (χ0) is 12.9. The molecule has 0 heterocycles. The molecule has 3 rings (SSSR count). The van der Waals surface area contributed by atoms with Crippen molar-refractivity contribution in [1.29, 1.82) is 0 Å². The van der Waals surface area contributed by atoms with E-state index >= 15 is 0 Å². The van der Waals surface area contributed by atoms with Gasteiger partial charge in [-0.15, -0.1) is 0 Å². The van der Waals surface area contributed by atoms with Crippen molar-refractivity contribution in [2.45, 2.75) is 12.8 Å². The van der Waals surface area contributed by atoms with Crippen LogP contribution < -0.4 is 0 Å². The van der Waals surface area contributed by atoms with E-state index in [0.29, 0.717) is 18.4 Å². The van der Waals surface area contributed by atoms with Gasteiger partial charge in [0.1, 0.15) is 11.5 Å². The number of hydrogen-bond acceptors (Lipinski definition) is 4. The molecule has 18 heavy (non-hydrogen) atoms. The van der Waals surface area contributed by atoms with E-state index in [-0.39, 0.29) is 34.0 Å². The van der Waals surface area contributed by atoms with E-state index in [9.17, 15) is 19.8 Å². The van der Waals surface area contributed by atoms with Crippen LogP contribution in [0.25, 0.3) is 0 Å². The highest BCUT2D eigenvalue weighted by Crippen LogP contribution is 2.37. The summed E-state index contributed by atoms with van der Waals surface area (Å²) in [7, 11) is 0. The second-order valence-corrected chi connectivity index (χ2v) is 4.34. The second-order valence-electron chi connectivity index (χ2n) is 4.34. The number of aromatic hydroxyl groups is 1. The van der Waals surface area contributed by atoms with Crippen molar-refractivity contribution in [3.63, 3.8) is 0 Å². The maximum absolute atomic E-state index is 12.3. The highest BCUT2D eigenvalue weighted by atomic mass is 16.3. The first-order chi connectivity index (χ1) is 8.61. The summed E-state index contributed by atoms with van der Waals surface area (Å²) in [6, 6.07) is 4.38. The molecule has 4 heteroatoms. The van der Waals surface area contributed by atoms with Gasteiger partial charge in [-0.1, -0.05) is 12.1 Å². The standard InChI is InChI=1S/C14H10O4/c15-9-5-1-3-7-11(9)14(18)8-4-2-6-10(16)12(8)13(7)17/h1,3,5-6,15-16H,2,4H2. The van der Waals surface area contributed by atoms with E-state index in [1.165, 1.54) is 24.3 Å². The second kappa shape index (κ2) is 3.57. The number of Topliss-reactive ketones (excluding diaryl/α,β-unsaturated/α-hetero) is 2. The lowest BCUT2D eigenvalue weighted by molar-refractivity contribution is 0.0964. The Bertz CT molecular complexity index is 650. The van der Waals surface area contributed by atoms with E-state index in [4.69, 9.17) is 0 Å². The van der Waals surface area contributed by atoms with Crippen molar-refractivity contribution in [2.75, 3.05) is 0 Å². The summed E-state index contributed by atoms with van der Waals surface area (Å²) in [5, 5.41) is 19.5. The largest absolute Gasteiger partial charge is 0.508 e. The molecule has 90 valence electrons. The third kappa shape index (κ3) is 1.26. The molecule has 0 atom stereocenters. The zero-order valence-electron chi connectivity index (χ0n) is 9.43. The van der Waals surface area contributed by atoms with Gasteiger partial charge in [-0.3, -0.25) is 9.59 Å². The number of aliphatic hydroxyl groups excluding tert-OH is 1. The Hall–Kier alpha value is -2.36. The Kier molecular flexibility index (Phi) is 2.13. The van der Waals surface area contributed by atoms with Gasteiger partial charge in [0.15, 0.2) is 11.6 Å². The fourth-order valence-corrected chi connectivity index (χ4v) is 2.47. The fraction of sp³-hybridized carbons (Fsp3) is 0.143. The highest BCUT2D eigenvalue weighted by molar-refractivity contribution is 6.29. The number of benzene rings is 1. The first-order valence-corrected chi connectivity index (χ1v) is 5.65. The summed E-state index contributed by atoms with van der Waals surface area (Å²) in [6.45, 7) is 0. The van der Waals surface area contributed by atoms with Gasteiger partial charge in [-0.25, -0.2) is 0 Å². The lowest BCUT2D eigenvalue weighted by Crippen LogP contribution is -2.24. The summed E-state index contributed by atoms with van der Waals surface area (Å²) in [4.78, 5) is 24.5. The van der Waals surface area contributed by atoms with Crippen LogP contribution in [0.3, 0.4) is 0 Å². The maximum Gasteiger partial charge on any atom is 0.198 e. The lowest BCUT2D eigenvalue weighted by Gasteiger charge is -2.23. The minimum Gasteiger partial charge on any atom is -0.508 e. The van der Waals surface area contributed by atoms with Crippen LogP contribution in [-0.2, 0) is 0 Å². The van der Waals surface area contributed by atoms with Gasteiger partial charge in [-0.2, -0.15) is 0 Å². The van der Waals surface area contributed by atoms with Gasteiger partial charge < -0.3 is 10.2 Å². The lowest BCUT2D eigenvalue weighted by atomic mass is 9.79. The number of carbonyl (C=O) groups is 2.